The van der Waals surface area contributed by atoms with Crippen LogP contribution in [-0.2, 0) is 9.53 Å². The highest BCUT2D eigenvalue weighted by Crippen LogP contribution is 2.41. The van der Waals surface area contributed by atoms with E-state index < -0.39 is 5.41 Å². The number of hydrogen-bond acceptors (Lipinski definition) is 2. The Kier molecular flexibility index (Phi) is 3.29. The van der Waals surface area contributed by atoms with Crippen LogP contribution in [0, 0.1) is 17.3 Å². The highest BCUT2D eigenvalue weighted by Gasteiger charge is 2.42. The fraction of sp³-hybridized carbons (Fsp3) is 0.438. The van der Waals surface area contributed by atoms with Gasteiger partial charge in [0.05, 0.1) is 5.41 Å². The minimum Gasteiger partial charge on any atom is -0.426 e. The number of cyclic esters (lactones) is 1. The fourth-order valence-electron chi connectivity index (χ4n) is 2.56. The highest BCUT2D eigenvalue weighted by atomic mass is 16.5. The van der Waals surface area contributed by atoms with E-state index in [9.17, 15) is 4.79 Å². The number of esters is 1. The summed E-state index contributed by atoms with van der Waals surface area (Å²) >= 11 is 0. The van der Waals surface area contributed by atoms with E-state index >= 15 is 0 Å². The largest absolute Gasteiger partial charge is 0.426 e. The van der Waals surface area contributed by atoms with Crippen molar-refractivity contribution in [2.75, 3.05) is 0 Å². The van der Waals surface area contributed by atoms with Crippen molar-refractivity contribution in [2.24, 2.45) is 17.3 Å². The van der Waals surface area contributed by atoms with Gasteiger partial charge in [0.2, 0.25) is 0 Å². The monoisotopic (exact) mass is 244 g/mol. The van der Waals surface area contributed by atoms with E-state index in [1.807, 2.05) is 44.2 Å². The molecule has 1 aromatic carbocycles. The molecule has 1 aliphatic heterocycles. The summed E-state index contributed by atoms with van der Waals surface area (Å²) in [6, 6.07) is 9.80. The zero-order valence-corrected chi connectivity index (χ0v) is 11.4. The van der Waals surface area contributed by atoms with Gasteiger partial charge in [0.25, 0.3) is 0 Å². The van der Waals surface area contributed by atoms with E-state index in [0.717, 1.165) is 5.56 Å². The van der Waals surface area contributed by atoms with E-state index in [0.29, 0.717) is 11.7 Å². The Labute approximate surface area is 109 Å². The van der Waals surface area contributed by atoms with Crippen LogP contribution in [-0.4, -0.2) is 5.97 Å². The predicted molar refractivity (Wildman–Crippen MR) is 72.6 cm³/mol. The Morgan fingerprint density at radius 1 is 1.17 bits per heavy atom. The van der Waals surface area contributed by atoms with E-state index in [1.165, 1.54) is 0 Å². The number of carbonyl (C=O) groups excluding carboxylic acids is 1. The molecule has 2 nitrogen and oxygen atoms in total. The molecule has 0 saturated carbocycles. The van der Waals surface area contributed by atoms with Gasteiger partial charge in [-0.3, -0.25) is 4.79 Å². The van der Waals surface area contributed by atoms with Gasteiger partial charge >= 0.3 is 5.97 Å². The van der Waals surface area contributed by atoms with Crippen molar-refractivity contribution in [2.45, 2.75) is 27.7 Å². The van der Waals surface area contributed by atoms with Crippen LogP contribution in [0.25, 0.3) is 5.76 Å². The Morgan fingerprint density at radius 3 is 2.33 bits per heavy atom. The second-order valence-electron chi connectivity index (χ2n) is 5.78. The summed E-state index contributed by atoms with van der Waals surface area (Å²) in [6.07, 6.45) is 2.10. The zero-order chi connectivity index (χ0) is 13.3. The molecule has 0 bridgehead atoms. The van der Waals surface area contributed by atoms with Crippen LogP contribution < -0.4 is 0 Å². The van der Waals surface area contributed by atoms with Gasteiger partial charge in [-0.15, -0.1) is 0 Å². The molecule has 0 radical (unpaired) electrons. The molecule has 0 unspecified atom stereocenters. The summed E-state index contributed by atoms with van der Waals surface area (Å²) in [5.41, 5.74) is 0.513. The second-order valence-corrected chi connectivity index (χ2v) is 5.78. The maximum atomic E-state index is 12.2. The van der Waals surface area contributed by atoms with Crippen LogP contribution in [0.15, 0.2) is 36.4 Å². The van der Waals surface area contributed by atoms with E-state index in [2.05, 4.69) is 19.9 Å². The molecule has 96 valence electrons. The summed E-state index contributed by atoms with van der Waals surface area (Å²) in [7, 11) is 0. The van der Waals surface area contributed by atoms with Gasteiger partial charge in [-0.1, -0.05) is 44.2 Å². The lowest BCUT2D eigenvalue weighted by Crippen LogP contribution is -2.39. The van der Waals surface area contributed by atoms with Crippen molar-refractivity contribution in [3.8, 4) is 0 Å². The van der Waals surface area contributed by atoms with Gasteiger partial charge in [0.1, 0.15) is 5.76 Å². The predicted octanol–water partition coefficient (Wildman–Crippen LogP) is 3.88. The van der Waals surface area contributed by atoms with Gasteiger partial charge in [-0.05, 0) is 31.8 Å². The van der Waals surface area contributed by atoms with Crippen LogP contribution in [0.2, 0.25) is 0 Å². The molecule has 1 heterocycles. The first-order valence-electron chi connectivity index (χ1n) is 6.42. The molecule has 0 saturated heterocycles. The molecule has 1 aliphatic rings. The molecular formula is C16H20O2. The number of carbonyl (C=O) groups is 1. The SMILES string of the molecule is CC(C)[C@H]1C=C(c2ccccc2)OC(=O)C1(C)C. The second kappa shape index (κ2) is 4.60. The average molecular weight is 244 g/mol. The zero-order valence-electron chi connectivity index (χ0n) is 11.4. The first kappa shape index (κ1) is 12.9. The molecule has 0 amide bonds. The Balaban J connectivity index is 2.42. The highest BCUT2D eigenvalue weighted by molar-refractivity contribution is 5.85. The van der Waals surface area contributed by atoms with Crippen molar-refractivity contribution in [3.63, 3.8) is 0 Å². The molecule has 2 heteroatoms. The first-order valence-corrected chi connectivity index (χ1v) is 6.42. The smallest absolute Gasteiger partial charge is 0.317 e. The van der Waals surface area contributed by atoms with Crippen molar-refractivity contribution in [1.82, 2.24) is 0 Å². The third kappa shape index (κ3) is 2.20. The van der Waals surface area contributed by atoms with E-state index in [4.69, 9.17) is 4.74 Å². The van der Waals surface area contributed by atoms with Crippen molar-refractivity contribution < 1.29 is 9.53 Å². The quantitative estimate of drug-likeness (QED) is 0.738. The van der Waals surface area contributed by atoms with Gasteiger partial charge in [0.15, 0.2) is 0 Å². The van der Waals surface area contributed by atoms with Gasteiger partial charge in [-0.2, -0.15) is 0 Å². The average Bonchev–Trinajstić information content (AvgIpc) is 2.33. The molecule has 18 heavy (non-hydrogen) atoms. The molecule has 0 aromatic heterocycles. The molecular weight excluding hydrogens is 224 g/mol. The summed E-state index contributed by atoms with van der Waals surface area (Å²) in [6.45, 7) is 8.20. The summed E-state index contributed by atoms with van der Waals surface area (Å²) in [5, 5.41) is 0. The van der Waals surface area contributed by atoms with Crippen molar-refractivity contribution in [3.05, 3.63) is 42.0 Å². The molecule has 0 spiro atoms. The molecule has 1 atom stereocenters. The topological polar surface area (TPSA) is 26.3 Å². The molecule has 0 aliphatic carbocycles. The Morgan fingerprint density at radius 2 is 1.78 bits per heavy atom. The third-order valence-electron chi connectivity index (χ3n) is 3.67. The Bertz CT molecular complexity index is 469. The van der Waals surface area contributed by atoms with Crippen LogP contribution in [0.4, 0.5) is 0 Å². The first-order chi connectivity index (χ1) is 8.43. The van der Waals surface area contributed by atoms with E-state index in [1.54, 1.807) is 0 Å². The molecule has 1 aromatic rings. The minimum atomic E-state index is -0.452. The molecule has 0 N–H and O–H groups in total. The van der Waals surface area contributed by atoms with Crippen LogP contribution >= 0.6 is 0 Å². The Hall–Kier alpha value is -1.57. The van der Waals surface area contributed by atoms with Gasteiger partial charge in [-0.25, -0.2) is 0 Å². The fourth-order valence-corrected chi connectivity index (χ4v) is 2.56. The lowest BCUT2D eigenvalue weighted by atomic mass is 9.71. The summed E-state index contributed by atoms with van der Waals surface area (Å²) in [4.78, 5) is 12.2. The van der Waals surface area contributed by atoms with Crippen molar-refractivity contribution >= 4 is 11.7 Å². The number of allylic oxidation sites excluding steroid dienone is 1. The summed E-state index contributed by atoms with van der Waals surface area (Å²) < 4.78 is 5.49. The maximum Gasteiger partial charge on any atom is 0.317 e. The van der Waals surface area contributed by atoms with E-state index in [-0.39, 0.29) is 11.9 Å². The van der Waals surface area contributed by atoms with Crippen molar-refractivity contribution in [1.29, 1.82) is 0 Å². The normalized spacial score (nSPS) is 22.6. The van der Waals surface area contributed by atoms with Gasteiger partial charge in [0, 0.05) is 5.56 Å². The third-order valence-corrected chi connectivity index (χ3v) is 3.67. The van der Waals surface area contributed by atoms with Crippen LogP contribution in [0.1, 0.15) is 33.3 Å². The summed E-state index contributed by atoms with van der Waals surface area (Å²) in [5.74, 6) is 1.17. The van der Waals surface area contributed by atoms with Crippen LogP contribution in [0.3, 0.4) is 0 Å². The van der Waals surface area contributed by atoms with Crippen LogP contribution in [0.5, 0.6) is 0 Å². The number of rotatable bonds is 2. The van der Waals surface area contributed by atoms with Gasteiger partial charge < -0.3 is 4.74 Å². The standard InChI is InChI=1S/C16H20O2/c1-11(2)13-10-14(12-8-6-5-7-9-12)18-15(17)16(13,3)4/h5-11,13H,1-4H3/t13-/m1/s1. The molecule has 2 rings (SSSR count). The lowest BCUT2D eigenvalue weighted by Gasteiger charge is -2.37. The lowest BCUT2D eigenvalue weighted by molar-refractivity contribution is -0.151. The number of hydrogen-bond donors (Lipinski definition) is 0. The minimum absolute atomic E-state index is 0.137. The number of benzene rings is 1. The maximum absolute atomic E-state index is 12.2. The molecule has 0 fully saturated rings. The number of ether oxygens (including phenoxy) is 1.